The van der Waals surface area contributed by atoms with Crippen LogP contribution < -0.4 is 0 Å². The Hall–Kier alpha value is -1.65. The van der Waals surface area contributed by atoms with Crippen LogP contribution in [0.5, 0.6) is 0 Å². The summed E-state index contributed by atoms with van der Waals surface area (Å²) >= 11 is 0. The maximum Gasteiger partial charge on any atom is 0.330 e. The molecule has 0 radical (unpaired) electrons. The van der Waals surface area contributed by atoms with Crippen LogP contribution in [-0.2, 0) is 25.6 Å². The van der Waals surface area contributed by atoms with Crippen molar-refractivity contribution in [2.24, 2.45) is 11.3 Å². The van der Waals surface area contributed by atoms with Gasteiger partial charge < -0.3 is 14.2 Å². The Morgan fingerprint density at radius 3 is 2.45 bits per heavy atom. The Morgan fingerprint density at radius 1 is 1.17 bits per heavy atom. The van der Waals surface area contributed by atoms with Crippen molar-refractivity contribution in [1.29, 1.82) is 0 Å². The van der Waals surface area contributed by atoms with E-state index in [-0.39, 0.29) is 35.8 Å². The molecule has 162 valence electrons. The smallest absolute Gasteiger partial charge is 0.330 e. The van der Waals surface area contributed by atoms with Crippen LogP contribution in [-0.4, -0.2) is 24.5 Å². The van der Waals surface area contributed by atoms with Crippen molar-refractivity contribution in [3.63, 3.8) is 0 Å². The van der Waals surface area contributed by atoms with E-state index < -0.39 is 0 Å². The summed E-state index contributed by atoms with van der Waals surface area (Å²) in [5.74, 6) is 0.0162. The largest absolute Gasteiger partial charge is 0.456 e. The molecule has 4 nitrogen and oxygen atoms in total. The Balaban J connectivity index is 1.78. The van der Waals surface area contributed by atoms with Crippen molar-refractivity contribution < 1.29 is 19.0 Å². The molecule has 0 spiro atoms. The lowest BCUT2D eigenvalue weighted by atomic mass is 9.80. The quantitative estimate of drug-likeness (QED) is 0.207. The molecule has 1 saturated carbocycles. The first kappa shape index (κ1) is 23.6. The number of benzene rings is 1. The monoisotopic (exact) mass is 402 g/mol. The molecule has 0 aliphatic heterocycles. The number of hydrogen-bond donors (Lipinski definition) is 0. The van der Waals surface area contributed by atoms with Gasteiger partial charge in [-0.25, -0.2) is 4.79 Å². The van der Waals surface area contributed by atoms with E-state index in [4.69, 9.17) is 14.2 Å². The second-order valence-electron chi connectivity index (χ2n) is 9.60. The van der Waals surface area contributed by atoms with E-state index in [2.05, 4.69) is 27.7 Å². The molecule has 0 heterocycles. The van der Waals surface area contributed by atoms with E-state index in [0.717, 1.165) is 37.7 Å². The maximum atomic E-state index is 12.1. The number of hydrogen-bond acceptors (Lipinski definition) is 4. The maximum absolute atomic E-state index is 12.1. The first-order chi connectivity index (χ1) is 13.7. The molecule has 29 heavy (non-hydrogen) atoms. The fourth-order valence-corrected chi connectivity index (χ4v) is 4.13. The van der Waals surface area contributed by atoms with E-state index in [0.29, 0.717) is 6.61 Å². The molecule has 0 N–H and O–H groups in total. The number of carbonyl (C=O) groups is 1. The summed E-state index contributed by atoms with van der Waals surface area (Å²) < 4.78 is 17.5. The third-order valence-corrected chi connectivity index (χ3v) is 5.58. The molecule has 1 aromatic carbocycles. The van der Waals surface area contributed by atoms with Gasteiger partial charge in [0.05, 0.1) is 12.7 Å². The van der Waals surface area contributed by atoms with E-state index in [1.807, 2.05) is 43.3 Å². The predicted octanol–water partition coefficient (Wildman–Crippen LogP) is 6.05. The molecule has 4 heteroatoms. The molecule has 0 unspecified atom stereocenters. The number of allylic oxidation sites excluding steroid dienone is 1. The van der Waals surface area contributed by atoms with E-state index in [9.17, 15) is 4.79 Å². The summed E-state index contributed by atoms with van der Waals surface area (Å²) in [6.07, 6.45) is 8.48. The highest BCUT2D eigenvalue weighted by Crippen LogP contribution is 2.33. The van der Waals surface area contributed by atoms with Gasteiger partial charge in [0.25, 0.3) is 0 Å². The zero-order valence-corrected chi connectivity index (χ0v) is 18.8. The lowest BCUT2D eigenvalue weighted by Crippen LogP contribution is -2.36. The highest BCUT2D eigenvalue weighted by atomic mass is 16.7. The SMILES string of the molecule is C[C@@H](C/C=C/C(=O)OC1(C)CCCC1)[C@H](OCOCc1ccccc1)C(C)(C)C. The molecule has 0 bridgehead atoms. The second-order valence-corrected chi connectivity index (χ2v) is 9.60. The lowest BCUT2D eigenvalue weighted by molar-refractivity contribution is -0.151. The van der Waals surface area contributed by atoms with Gasteiger partial charge in [0.15, 0.2) is 0 Å². The predicted molar refractivity (Wildman–Crippen MR) is 116 cm³/mol. The van der Waals surface area contributed by atoms with Crippen LogP contribution in [0.2, 0.25) is 0 Å². The molecule has 1 aromatic rings. The van der Waals surface area contributed by atoms with Gasteiger partial charge in [-0.3, -0.25) is 0 Å². The zero-order chi connectivity index (χ0) is 21.3. The Labute approximate surface area is 176 Å². The van der Waals surface area contributed by atoms with Gasteiger partial charge in [0, 0.05) is 6.08 Å². The van der Waals surface area contributed by atoms with Crippen molar-refractivity contribution in [2.75, 3.05) is 6.79 Å². The van der Waals surface area contributed by atoms with Crippen LogP contribution in [0.1, 0.15) is 72.3 Å². The van der Waals surface area contributed by atoms with Crippen molar-refractivity contribution in [3.8, 4) is 0 Å². The topological polar surface area (TPSA) is 44.8 Å². The number of rotatable bonds is 10. The van der Waals surface area contributed by atoms with Crippen LogP contribution in [0.25, 0.3) is 0 Å². The Morgan fingerprint density at radius 2 is 1.83 bits per heavy atom. The van der Waals surface area contributed by atoms with Gasteiger partial charge >= 0.3 is 5.97 Å². The van der Waals surface area contributed by atoms with Gasteiger partial charge in [0.2, 0.25) is 0 Å². The molecule has 2 atom stereocenters. The minimum absolute atomic E-state index is 0.0197. The second kappa shape index (κ2) is 10.9. The molecule has 1 fully saturated rings. The fraction of sp³-hybridized carbons (Fsp3) is 0.640. The number of carbonyl (C=O) groups excluding carboxylic acids is 1. The van der Waals surface area contributed by atoms with Crippen LogP contribution in [0, 0.1) is 11.3 Å². The van der Waals surface area contributed by atoms with Crippen LogP contribution in [0.3, 0.4) is 0 Å². The average Bonchev–Trinajstić information content (AvgIpc) is 3.07. The summed E-state index contributed by atoms with van der Waals surface area (Å²) in [5, 5.41) is 0. The van der Waals surface area contributed by atoms with Crippen LogP contribution in [0.15, 0.2) is 42.5 Å². The third kappa shape index (κ3) is 8.31. The van der Waals surface area contributed by atoms with Gasteiger partial charge in [-0.2, -0.15) is 0 Å². The summed E-state index contributed by atoms with van der Waals surface area (Å²) in [6.45, 7) is 11.5. The van der Waals surface area contributed by atoms with E-state index in [1.165, 1.54) is 0 Å². The van der Waals surface area contributed by atoms with Crippen molar-refractivity contribution >= 4 is 5.97 Å². The van der Waals surface area contributed by atoms with Crippen LogP contribution in [0.4, 0.5) is 0 Å². The van der Waals surface area contributed by atoms with Crippen molar-refractivity contribution in [1.82, 2.24) is 0 Å². The molecule has 0 amide bonds. The van der Waals surface area contributed by atoms with Gasteiger partial charge in [-0.1, -0.05) is 64.1 Å². The summed E-state index contributed by atoms with van der Waals surface area (Å²) in [4.78, 5) is 12.1. The Kier molecular flexibility index (Phi) is 8.91. The molecule has 1 aliphatic rings. The highest BCUT2D eigenvalue weighted by molar-refractivity contribution is 5.82. The fourth-order valence-electron chi connectivity index (χ4n) is 4.13. The first-order valence-corrected chi connectivity index (χ1v) is 10.8. The molecular formula is C25H38O4. The van der Waals surface area contributed by atoms with E-state index in [1.54, 1.807) is 6.08 Å². The molecule has 2 rings (SSSR count). The highest BCUT2D eigenvalue weighted by Gasteiger charge is 2.32. The van der Waals surface area contributed by atoms with Crippen molar-refractivity contribution in [3.05, 3.63) is 48.0 Å². The standard InChI is InChI=1S/C25H38O4/c1-20(12-11-15-22(26)29-25(5)16-9-10-17-25)23(24(2,3)4)28-19-27-18-21-13-7-6-8-14-21/h6-8,11,13-15,20,23H,9-10,12,16-19H2,1-5H3/b15-11+/t20-,23-/m0/s1. The molecular weight excluding hydrogens is 364 g/mol. The minimum atomic E-state index is -0.278. The van der Waals surface area contributed by atoms with Gasteiger partial charge in [-0.15, -0.1) is 0 Å². The number of ether oxygens (including phenoxy) is 3. The first-order valence-electron chi connectivity index (χ1n) is 10.8. The van der Waals surface area contributed by atoms with Gasteiger partial charge in [-0.05, 0) is 55.9 Å². The van der Waals surface area contributed by atoms with Crippen LogP contribution >= 0.6 is 0 Å². The third-order valence-electron chi connectivity index (χ3n) is 5.58. The number of esters is 1. The minimum Gasteiger partial charge on any atom is -0.456 e. The molecule has 0 aromatic heterocycles. The summed E-state index contributed by atoms with van der Waals surface area (Å²) in [5.41, 5.74) is 0.829. The zero-order valence-electron chi connectivity index (χ0n) is 18.8. The average molecular weight is 403 g/mol. The summed E-state index contributed by atoms with van der Waals surface area (Å²) in [6, 6.07) is 10.1. The normalized spacial score (nSPS) is 18.7. The lowest BCUT2D eigenvalue weighted by Gasteiger charge is -2.35. The Bertz CT molecular complexity index is 639. The molecule has 0 saturated heterocycles. The molecule has 1 aliphatic carbocycles. The van der Waals surface area contributed by atoms with Crippen molar-refractivity contribution in [2.45, 2.75) is 85.0 Å². The van der Waals surface area contributed by atoms with Gasteiger partial charge in [0.1, 0.15) is 12.4 Å². The summed E-state index contributed by atoms with van der Waals surface area (Å²) in [7, 11) is 0. The van der Waals surface area contributed by atoms with E-state index >= 15 is 0 Å².